The first-order valence-corrected chi connectivity index (χ1v) is 6.00. The molecule has 4 nitrogen and oxygen atoms in total. The summed E-state index contributed by atoms with van der Waals surface area (Å²) in [7, 11) is 0. The zero-order chi connectivity index (χ0) is 10.8. The minimum Gasteiger partial charge on any atom is -0.477 e. The number of aromatic nitrogens is 1. The monoisotopic (exact) mass is 226 g/mol. The number of hydrogen-bond donors (Lipinski definition) is 2. The molecule has 5 heteroatoms. The summed E-state index contributed by atoms with van der Waals surface area (Å²) in [5, 5.41) is 13.3. The van der Waals surface area contributed by atoms with E-state index in [0.717, 1.165) is 30.1 Å². The molecule has 0 bridgehead atoms. The Hall–Kier alpha value is -0.940. The van der Waals surface area contributed by atoms with Crippen LogP contribution in [0.5, 0.6) is 0 Å². The number of aryl methyl sites for hydroxylation is 1. The Morgan fingerprint density at radius 3 is 3.00 bits per heavy atom. The van der Waals surface area contributed by atoms with Crippen LogP contribution in [0.4, 0.5) is 0 Å². The Labute approximate surface area is 92.3 Å². The summed E-state index contributed by atoms with van der Waals surface area (Å²) in [6, 6.07) is 0.272. The van der Waals surface area contributed by atoms with Crippen LogP contribution in [0.3, 0.4) is 0 Å². The molecule has 2 N–H and O–H groups in total. The van der Waals surface area contributed by atoms with Gasteiger partial charge < -0.3 is 10.4 Å². The van der Waals surface area contributed by atoms with E-state index in [1.807, 2.05) is 6.92 Å². The molecular formula is C10H14N2O2S. The van der Waals surface area contributed by atoms with Crippen LogP contribution in [0.15, 0.2) is 0 Å². The van der Waals surface area contributed by atoms with E-state index in [9.17, 15) is 4.79 Å². The van der Waals surface area contributed by atoms with Crippen LogP contribution in [0.2, 0.25) is 0 Å². The molecular weight excluding hydrogens is 212 g/mol. The van der Waals surface area contributed by atoms with E-state index in [0.29, 0.717) is 11.3 Å². The Morgan fingerprint density at radius 2 is 2.53 bits per heavy atom. The first-order chi connectivity index (χ1) is 7.22. The van der Waals surface area contributed by atoms with Crippen LogP contribution in [0, 0.1) is 0 Å². The van der Waals surface area contributed by atoms with Gasteiger partial charge in [0.2, 0.25) is 0 Å². The number of carboxylic acids is 1. The first kappa shape index (κ1) is 10.6. The SMILES string of the molecule is CCc1nc(C2CCCN2)sc1C(=O)O. The highest BCUT2D eigenvalue weighted by Crippen LogP contribution is 2.29. The third kappa shape index (κ3) is 2.03. The Balaban J connectivity index is 2.29. The number of carbonyl (C=O) groups is 1. The maximum Gasteiger partial charge on any atom is 0.347 e. The highest BCUT2D eigenvalue weighted by atomic mass is 32.1. The zero-order valence-corrected chi connectivity index (χ0v) is 9.43. The molecule has 1 aromatic rings. The van der Waals surface area contributed by atoms with Crippen molar-refractivity contribution in [2.75, 3.05) is 6.54 Å². The quantitative estimate of drug-likeness (QED) is 0.825. The lowest BCUT2D eigenvalue weighted by Gasteiger charge is -2.03. The van der Waals surface area contributed by atoms with Crippen molar-refractivity contribution >= 4 is 17.3 Å². The van der Waals surface area contributed by atoms with Gasteiger partial charge in [0.15, 0.2) is 0 Å². The van der Waals surface area contributed by atoms with E-state index < -0.39 is 5.97 Å². The van der Waals surface area contributed by atoms with Crippen LogP contribution in [-0.4, -0.2) is 22.6 Å². The van der Waals surface area contributed by atoms with E-state index in [1.165, 1.54) is 11.3 Å². The van der Waals surface area contributed by atoms with Crippen LogP contribution < -0.4 is 5.32 Å². The summed E-state index contributed by atoms with van der Waals surface area (Å²) in [5.74, 6) is -0.853. The fourth-order valence-corrected chi connectivity index (χ4v) is 2.92. The molecule has 82 valence electrons. The summed E-state index contributed by atoms with van der Waals surface area (Å²) in [6.07, 6.45) is 2.90. The van der Waals surface area contributed by atoms with E-state index in [-0.39, 0.29) is 6.04 Å². The van der Waals surface area contributed by atoms with E-state index in [4.69, 9.17) is 5.11 Å². The van der Waals surface area contributed by atoms with Gasteiger partial charge in [-0.2, -0.15) is 0 Å². The van der Waals surface area contributed by atoms with Crippen molar-refractivity contribution in [3.8, 4) is 0 Å². The summed E-state index contributed by atoms with van der Waals surface area (Å²) in [4.78, 5) is 15.8. The minimum atomic E-state index is -0.853. The number of hydrogen-bond acceptors (Lipinski definition) is 4. The molecule has 0 amide bonds. The molecule has 1 aliphatic rings. The predicted molar refractivity (Wildman–Crippen MR) is 58.4 cm³/mol. The van der Waals surface area contributed by atoms with Crippen LogP contribution in [0.1, 0.15) is 46.2 Å². The summed E-state index contributed by atoms with van der Waals surface area (Å²) >= 11 is 1.32. The van der Waals surface area contributed by atoms with Crippen LogP contribution >= 0.6 is 11.3 Å². The number of thiazole rings is 1. The number of rotatable bonds is 3. The highest BCUT2D eigenvalue weighted by Gasteiger charge is 2.23. The van der Waals surface area contributed by atoms with Crippen molar-refractivity contribution in [3.05, 3.63) is 15.6 Å². The smallest absolute Gasteiger partial charge is 0.347 e. The number of aromatic carboxylic acids is 1. The van der Waals surface area contributed by atoms with Gasteiger partial charge in [-0.05, 0) is 25.8 Å². The predicted octanol–water partition coefficient (Wildman–Crippen LogP) is 1.83. The minimum absolute atomic E-state index is 0.272. The molecule has 1 aromatic heterocycles. The molecule has 15 heavy (non-hydrogen) atoms. The largest absolute Gasteiger partial charge is 0.477 e. The normalized spacial score (nSPS) is 20.7. The molecule has 1 aliphatic heterocycles. The average molecular weight is 226 g/mol. The molecule has 1 unspecified atom stereocenters. The molecule has 0 saturated carbocycles. The third-order valence-corrected chi connectivity index (χ3v) is 3.80. The second kappa shape index (κ2) is 4.28. The van der Waals surface area contributed by atoms with Crippen LogP contribution in [-0.2, 0) is 6.42 Å². The van der Waals surface area contributed by atoms with Crippen molar-refractivity contribution in [2.45, 2.75) is 32.2 Å². The van der Waals surface area contributed by atoms with Gasteiger partial charge in [0, 0.05) is 0 Å². The van der Waals surface area contributed by atoms with Gasteiger partial charge in [-0.25, -0.2) is 9.78 Å². The molecule has 0 aliphatic carbocycles. The van der Waals surface area contributed by atoms with Crippen LogP contribution in [0.25, 0.3) is 0 Å². The highest BCUT2D eigenvalue weighted by molar-refractivity contribution is 7.13. The second-order valence-electron chi connectivity index (χ2n) is 3.64. The number of carboxylic acid groups (broad SMARTS) is 1. The lowest BCUT2D eigenvalue weighted by Crippen LogP contribution is -2.12. The molecule has 2 rings (SSSR count). The Bertz CT molecular complexity index is 369. The molecule has 1 fully saturated rings. The molecule has 0 radical (unpaired) electrons. The summed E-state index contributed by atoms with van der Waals surface area (Å²) in [5.41, 5.74) is 0.719. The average Bonchev–Trinajstić information content (AvgIpc) is 2.86. The van der Waals surface area contributed by atoms with Crippen molar-refractivity contribution in [2.24, 2.45) is 0 Å². The van der Waals surface area contributed by atoms with E-state index in [2.05, 4.69) is 10.3 Å². The van der Waals surface area contributed by atoms with Crippen molar-refractivity contribution < 1.29 is 9.90 Å². The zero-order valence-electron chi connectivity index (χ0n) is 8.62. The lowest BCUT2D eigenvalue weighted by atomic mass is 10.2. The second-order valence-corrected chi connectivity index (χ2v) is 4.67. The van der Waals surface area contributed by atoms with Gasteiger partial charge in [-0.15, -0.1) is 11.3 Å². The fraction of sp³-hybridized carbons (Fsp3) is 0.600. The third-order valence-electron chi connectivity index (χ3n) is 2.60. The molecule has 0 aromatic carbocycles. The Morgan fingerprint density at radius 1 is 1.73 bits per heavy atom. The maximum atomic E-state index is 11.0. The Kier molecular flexibility index (Phi) is 3.02. The number of nitrogens with one attached hydrogen (secondary N) is 1. The standard InChI is InChI=1S/C10H14N2O2S/c1-2-6-8(10(13)14)15-9(12-6)7-4-3-5-11-7/h7,11H,2-5H2,1H3,(H,13,14). The van der Waals surface area contributed by atoms with Gasteiger partial charge in [0.05, 0.1) is 11.7 Å². The van der Waals surface area contributed by atoms with Gasteiger partial charge >= 0.3 is 5.97 Å². The molecule has 0 spiro atoms. The molecule has 1 saturated heterocycles. The van der Waals surface area contributed by atoms with Gasteiger partial charge in [0.25, 0.3) is 0 Å². The van der Waals surface area contributed by atoms with Gasteiger partial charge in [-0.3, -0.25) is 0 Å². The summed E-state index contributed by atoms with van der Waals surface area (Å²) in [6.45, 7) is 2.95. The van der Waals surface area contributed by atoms with E-state index >= 15 is 0 Å². The van der Waals surface area contributed by atoms with Crippen molar-refractivity contribution in [1.29, 1.82) is 0 Å². The lowest BCUT2D eigenvalue weighted by molar-refractivity contribution is 0.0701. The number of nitrogens with zero attached hydrogens (tertiary/aromatic N) is 1. The first-order valence-electron chi connectivity index (χ1n) is 5.18. The summed E-state index contributed by atoms with van der Waals surface area (Å²) < 4.78 is 0. The van der Waals surface area contributed by atoms with Gasteiger partial charge in [0.1, 0.15) is 9.88 Å². The van der Waals surface area contributed by atoms with Crippen molar-refractivity contribution in [3.63, 3.8) is 0 Å². The molecule has 2 heterocycles. The molecule has 1 atom stereocenters. The fourth-order valence-electron chi connectivity index (χ4n) is 1.82. The topological polar surface area (TPSA) is 62.2 Å². The van der Waals surface area contributed by atoms with Gasteiger partial charge in [-0.1, -0.05) is 6.92 Å². The maximum absolute atomic E-state index is 11.0. The van der Waals surface area contributed by atoms with Crippen molar-refractivity contribution in [1.82, 2.24) is 10.3 Å². The van der Waals surface area contributed by atoms with E-state index in [1.54, 1.807) is 0 Å².